The molecule has 0 radical (unpaired) electrons. The Kier molecular flexibility index (Phi) is 5.23. The van der Waals surface area contributed by atoms with Crippen molar-refractivity contribution < 1.29 is 14.6 Å². The highest BCUT2D eigenvalue weighted by Gasteiger charge is 2.37. The van der Waals surface area contributed by atoms with Crippen molar-refractivity contribution in [1.29, 1.82) is 0 Å². The first kappa shape index (κ1) is 17.7. The molecule has 0 bridgehead atoms. The zero-order valence-corrected chi connectivity index (χ0v) is 14.3. The van der Waals surface area contributed by atoms with E-state index in [4.69, 9.17) is 4.74 Å². The van der Waals surface area contributed by atoms with E-state index in [1.807, 2.05) is 25.7 Å². The minimum absolute atomic E-state index is 0.115. The van der Waals surface area contributed by atoms with Gasteiger partial charge < -0.3 is 9.64 Å². The van der Waals surface area contributed by atoms with Crippen molar-refractivity contribution >= 4 is 11.9 Å². The van der Waals surface area contributed by atoms with Crippen LogP contribution in [0.3, 0.4) is 0 Å². The van der Waals surface area contributed by atoms with Crippen LogP contribution in [-0.4, -0.2) is 59.5 Å². The topological polar surface area (TPSA) is 88.3 Å². The second-order valence-corrected chi connectivity index (χ2v) is 7.64. The Labute approximate surface area is 136 Å². The lowest BCUT2D eigenvalue weighted by atomic mass is 9.92. The van der Waals surface area contributed by atoms with Crippen molar-refractivity contribution in [1.82, 2.24) is 9.80 Å². The third-order valence-electron chi connectivity index (χ3n) is 4.24. The summed E-state index contributed by atoms with van der Waals surface area (Å²) in [5.74, 6) is 0.774. The number of carbonyl (C=O) groups is 1. The van der Waals surface area contributed by atoms with Crippen molar-refractivity contribution in [2.24, 2.45) is 22.4 Å². The van der Waals surface area contributed by atoms with Crippen LogP contribution < -0.4 is 0 Å². The average molecular weight is 326 g/mol. The molecule has 2 rings (SSSR count). The van der Waals surface area contributed by atoms with Gasteiger partial charge in [-0.3, -0.25) is 9.69 Å². The first-order valence-corrected chi connectivity index (χ1v) is 8.03. The van der Waals surface area contributed by atoms with E-state index in [1.165, 1.54) is 4.90 Å². The molecule has 8 heteroatoms. The Hall–Kier alpha value is -1.70. The molecule has 2 fully saturated rings. The molecule has 2 aliphatic heterocycles. The van der Waals surface area contributed by atoms with Crippen LogP contribution in [0.25, 0.3) is 0 Å². The lowest BCUT2D eigenvalue weighted by Gasteiger charge is -2.25. The maximum atomic E-state index is 12.5. The number of hydrazone groups is 1. The molecule has 2 unspecified atom stereocenters. The number of nitrogens with zero attached hydrogens (tertiary/aromatic N) is 4. The molecule has 8 nitrogen and oxygen atoms in total. The number of rotatable bonds is 4. The molecule has 0 aliphatic carbocycles. The van der Waals surface area contributed by atoms with Gasteiger partial charge >= 0.3 is 0 Å². The molecular weight excluding hydrogens is 300 g/mol. The Bertz CT molecular complexity index is 500. The predicted molar refractivity (Wildman–Crippen MR) is 85.3 cm³/mol. The summed E-state index contributed by atoms with van der Waals surface area (Å²) in [7, 11) is 0. The molecule has 2 atom stereocenters. The Morgan fingerprint density at radius 1 is 1.39 bits per heavy atom. The Morgan fingerprint density at radius 3 is 2.61 bits per heavy atom. The first-order valence-electron chi connectivity index (χ1n) is 8.03. The molecule has 2 heterocycles. The van der Waals surface area contributed by atoms with E-state index in [1.54, 1.807) is 0 Å². The molecule has 0 aromatic rings. The first-order chi connectivity index (χ1) is 10.7. The van der Waals surface area contributed by atoms with Gasteiger partial charge in [-0.2, -0.15) is 0 Å². The van der Waals surface area contributed by atoms with E-state index in [0.29, 0.717) is 51.1 Å². The number of nitro groups is 1. The zero-order chi connectivity index (χ0) is 17.2. The maximum absolute atomic E-state index is 12.5. The van der Waals surface area contributed by atoms with Crippen molar-refractivity contribution in [3.63, 3.8) is 0 Å². The molecule has 0 saturated carbocycles. The smallest absolute Gasteiger partial charge is 0.280 e. The van der Waals surface area contributed by atoms with Crippen molar-refractivity contribution in [2.45, 2.75) is 34.1 Å². The molecule has 23 heavy (non-hydrogen) atoms. The monoisotopic (exact) mass is 326 g/mol. The lowest BCUT2D eigenvalue weighted by molar-refractivity contribution is -0.486. The van der Waals surface area contributed by atoms with E-state index >= 15 is 0 Å². The molecular formula is C15H26N4O4. The number of ether oxygens (including phenoxy) is 1. The van der Waals surface area contributed by atoms with Gasteiger partial charge in [-0.05, 0) is 11.3 Å². The fourth-order valence-electron chi connectivity index (χ4n) is 2.96. The second kappa shape index (κ2) is 6.82. The Balaban J connectivity index is 2.12. The summed E-state index contributed by atoms with van der Waals surface area (Å²) in [5.41, 5.74) is -0.169. The molecule has 130 valence electrons. The molecule has 0 aromatic carbocycles. The molecule has 0 spiro atoms. The number of carbonyl (C=O) groups excluding carboxylic acids is 1. The fourth-order valence-corrected chi connectivity index (χ4v) is 2.96. The highest BCUT2D eigenvalue weighted by atomic mass is 16.7. The standard InChI is InChI=1S/C15H26N4O4/c1-11-9-23-10-12(11)8-17-5-6-18(14(17)16-19(21)22)13(20)7-15(2,3)4/h11-12H,5-10H2,1-4H3. The van der Waals surface area contributed by atoms with Crippen LogP contribution in [0.2, 0.25) is 0 Å². The maximum Gasteiger partial charge on any atom is 0.280 e. The number of amides is 1. The van der Waals surface area contributed by atoms with Crippen LogP contribution in [0, 0.1) is 27.4 Å². The van der Waals surface area contributed by atoms with Crippen LogP contribution in [-0.2, 0) is 9.53 Å². The highest BCUT2D eigenvalue weighted by Crippen LogP contribution is 2.25. The third kappa shape index (κ3) is 4.63. The average Bonchev–Trinajstić information content (AvgIpc) is 2.96. The van der Waals surface area contributed by atoms with Gasteiger partial charge in [0.05, 0.1) is 6.61 Å². The SMILES string of the molecule is CC1COCC1CN1CCN(C(=O)CC(C)(C)C)C1=N[N+](=O)[O-]. The van der Waals surface area contributed by atoms with Crippen LogP contribution in [0.15, 0.2) is 5.10 Å². The quantitative estimate of drug-likeness (QED) is 0.575. The van der Waals surface area contributed by atoms with Crippen molar-refractivity contribution in [3.8, 4) is 0 Å². The van der Waals surface area contributed by atoms with Gasteiger partial charge in [0.2, 0.25) is 5.91 Å². The normalized spacial score (nSPS) is 27.0. The van der Waals surface area contributed by atoms with E-state index in [2.05, 4.69) is 12.0 Å². The summed E-state index contributed by atoms with van der Waals surface area (Å²) in [6, 6.07) is 0. The molecule has 2 aliphatic rings. The van der Waals surface area contributed by atoms with Crippen LogP contribution in [0.1, 0.15) is 34.1 Å². The van der Waals surface area contributed by atoms with Crippen molar-refractivity contribution in [3.05, 3.63) is 10.1 Å². The molecule has 0 N–H and O–H groups in total. The predicted octanol–water partition coefficient (Wildman–Crippen LogP) is 1.40. The second-order valence-electron chi connectivity index (χ2n) is 7.64. The zero-order valence-electron chi connectivity index (χ0n) is 14.3. The summed E-state index contributed by atoms with van der Waals surface area (Å²) in [6.45, 7) is 11.1. The largest absolute Gasteiger partial charge is 0.381 e. The summed E-state index contributed by atoms with van der Waals surface area (Å²) >= 11 is 0. The van der Waals surface area contributed by atoms with Gasteiger partial charge in [-0.25, -0.2) is 10.1 Å². The molecule has 2 saturated heterocycles. The van der Waals surface area contributed by atoms with E-state index in [-0.39, 0.29) is 17.3 Å². The lowest BCUT2D eigenvalue weighted by Crippen LogP contribution is -2.41. The number of guanidine groups is 1. The molecule has 1 amide bonds. The molecule has 0 aromatic heterocycles. The van der Waals surface area contributed by atoms with Gasteiger partial charge in [0, 0.05) is 38.6 Å². The highest BCUT2D eigenvalue weighted by molar-refractivity contribution is 5.98. The summed E-state index contributed by atoms with van der Waals surface area (Å²) in [5, 5.41) is 13.6. The van der Waals surface area contributed by atoms with Crippen LogP contribution in [0.5, 0.6) is 0 Å². The number of hydrogen-bond acceptors (Lipinski definition) is 4. The van der Waals surface area contributed by atoms with E-state index in [0.717, 1.165) is 0 Å². The summed E-state index contributed by atoms with van der Waals surface area (Å²) in [4.78, 5) is 26.7. The van der Waals surface area contributed by atoms with Gasteiger partial charge in [0.15, 0.2) is 5.03 Å². The summed E-state index contributed by atoms with van der Waals surface area (Å²) in [6.07, 6.45) is 0.334. The third-order valence-corrected chi connectivity index (χ3v) is 4.24. The Morgan fingerprint density at radius 2 is 2.09 bits per heavy atom. The fraction of sp³-hybridized carbons (Fsp3) is 0.867. The van der Waals surface area contributed by atoms with Gasteiger partial charge in [0.1, 0.15) is 5.10 Å². The van der Waals surface area contributed by atoms with Gasteiger partial charge in [-0.15, -0.1) is 0 Å². The minimum Gasteiger partial charge on any atom is -0.381 e. The van der Waals surface area contributed by atoms with Crippen LogP contribution >= 0.6 is 0 Å². The number of hydrogen-bond donors (Lipinski definition) is 0. The van der Waals surface area contributed by atoms with Crippen molar-refractivity contribution in [2.75, 3.05) is 32.8 Å². The minimum atomic E-state index is -0.723. The van der Waals surface area contributed by atoms with E-state index < -0.39 is 5.03 Å². The summed E-state index contributed by atoms with van der Waals surface area (Å²) < 4.78 is 5.46. The van der Waals surface area contributed by atoms with E-state index in [9.17, 15) is 14.9 Å². The van der Waals surface area contributed by atoms with Crippen LogP contribution in [0.4, 0.5) is 0 Å². The van der Waals surface area contributed by atoms with Gasteiger partial charge in [-0.1, -0.05) is 27.7 Å². The van der Waals surface area contributed by atoms with Gasteiger partial charge in [0.25, 0.3) is 5.96 Å².